The molecule has 7 nitrogen and oxygen atoms in total. The highest BCUT2D eigenvalue weighted by molar-refractivity contribution is 5.85. The molecule has 3 rings (SSSR count). The number of carbonyl (C=O) groups is 1. The van der Waals surface area contributed by atoms with E-state index in [0.717, 1.165) is 32.0 Å². The molecule has 0 aliphatic carbocycles. The van der Waals surface area contributed by atoms with Gasteiger partial charge in [0.15, 0.2) is 6.61 Å². The Bertz CT molecular complexity index is 720. The van der Waals surface area contributed by atoms with Crippen molar-refractivity contribution in [1.29, 1.82) is 0 Å². The first-order valence-electron chi connectivity index (χ1n) is 8.96. The fraction of sp³-hybridized carbons (Fsp3) is 0.474. The van der Waals surface area contributed by atoms with E-state index in [-0.39, 0.29) is 31.0 Å². The topological polar surface area (TPSA) is 68.6 Å². The number of nitrogens with one attached hydrogen (secondary N) is 1. The van der Waals surface area contributed by atoms with Gasteiger partial charge in [-0.1, -0.05) is 12.1 Å². The van der Waals surface area contributed by atoms with E-state index in [9.17, 15) is 4.79 Å². The predicted molar refractivity (Wildman–Crippen MR) is 105 cm³/mol. The molecule has 0 spiro atoms. The SMILES string of the molecule is CCOC(=O)COc1ccc(CN2CCNCC2c2nccn2C)cc1.Cl. The number of halogens is 1. The van der Waals surface area contributed by atoms with Crippen molar-refractivity contribution >= 4 is 18.4 Å². The first-order chi connectivity index (χ1) is 12.7. The molecule has 1 aromatic carbocycles. The summed E-state index contributed by atoms with van der Waals surface area (Å²) in [7, 11) is 2.03. The maximum Gasteiger partial charge on any atom is 0.344 e. The molecule has 1 aromatic heterocycles. The molecule has 1 aliphatic rings. The van der Waals surface area contributed by atoms with Crippen molar-refractivity contribution in [3.8, 4) is 5.75 Å². The molecule has 0 bridgehead atoms. The molecule has 1 aliphatic heterocycles. The Balaban J connectivity index is 0.00000261. The van der Waals surface area contributed by atoms with Gasteiger partial charge in [-0.2, -0.15) is 0 Å². The summed E-state index contributed by atoms with van der Waals surface area (Å²) in [5, 5.41) is 3.45. The molecule has 2 heterocycles. The van der Waals surface area contributed by atoms with Gasteiger partial charge in [-0.3, -0.25) is 4.90 Å². The fourth-order valence-corrected chi connectivity index (χ4v) is 3.16. The van der Waals surface area contributed by atoms with Crippen molar-refractivity contribution in [2.75, 3.05) is 32.8 Å². The first kappa shape index (κ1) is 21.2. The molecule has 0 saturated carbocycles. The van der Waals surface area contributed by atoms with Crippen LogP contribution < -0.4 is 10.1 Å². The Morgan fingerprint density at radius 3 is 2.78 bits per heavy atom. The minimum absolute atomic E-state index is 0. The van der Waals surface area contributed by atoms with Gasteiger partial charge in [0.05, 0.1) is 12.6 Å². The second-order valence-corrected chi connectivity index (χ2v) is 6.32. The van der Waals surface area contributed by atoms with Crippen LogP contribution in [0.3, 0.4) is 0 Å². The Hall–Kier alpha value is -2.09. The van der Waals surface area contributed by atoms with Gasteiger partial charge in [-0.05, 0) is 24.6 Å². The largest absolute Gasteiger partial charge is 0.482 e. The van der Waals surface area contributed by atoms with Crippen LogP contribution in [0, 0.1) is 0 Å². The number of carbonyl (C=O) groups excluding carboxylic acids is 1. The zero-order valence-corrected chi connectivity index (χ0v) is 16.6. The quantitative estimate of drug-likeness (QED) is 0.724. The summed E-state index contributed by atoms with van der Waals surface area (Å²) in [5.74, 6) is 1.39. The van der Waals surface area contributed by atoms with Crippen molar-refractivity contribution in [3.63, 3.8) is 0 Å². The van der Waals surface area contributed by atoms with Gasteiger partial charge in [0.1, 0.15) is 11.6 Å². The van der Waals surface area contributed by atoms with Crippen LogP contribution in [0.5, 0.6) is 5.75 Å². The smallest absolute Gasteiger partial charge is 0.344 e. The number of hydrogen-bond acceptors (Lipinski definition) is 6. The number of ether oxygens (including phenoxy) is 2. The predicted octanol–water partition coefficient (Wildman–Crippen LogP) is 1.93. The average molecular weight is 395 g/mol. The minimum atomic E-state index is -0.352. The number of imidazole rings is 1. The monoisotopic (exact) mass is 394 g/mol. The number of hydrogen-bond donors (Lipinski definition) is 1. The summed E-state index contributed by atoms with van der Waals surface area (Å²) in [6, 6.07) is 8.12. The highest BCUT2D eigenvalue weighted by Crippen LogP contribution is 2.23. The van der Waals surface area contributed by atoms with Gasteiger partial charge in [-0.25, -0.2) is 9.78 Å². The standard InChI is InChI=1S/C19H26N4O3.ClH/c1-3-25-18(24)14-26-16-6-4-15(5-7-16)13-23-11-8-20-12-17(23)19-21-9-10-22(19)2;/h4-7,9-10,17,20H,3,8,11-14H2,1-2H3;1H. The molecule has 2 aromatic rings. The van der Waals surface area contributed by atoms with E-state index in [4.69, 9.17) is 9.47 Å². The molecule has 1 saturated heterocycles. The van der Waals surface area contributed by atoms with E-state index in [1.807, 2.05) is 43.7 Å². The molecule has 1 N–H and O–H groups in total. The highest BCUT2D eigenvalue weighted by atomic mass is 35.5. The van der Waals surface area contributed by atoms with E-state index >= 15 is 0 Å². The van der Waals surface area contributed by atoms with Crippen LogP contribution >= 0.6 is 12.4 Å². The number of rotatable bonds is 7. The third kappa shape index (κ3) is 5.69. The van der Waals surface area contributed by atoms with E-state index in [2.05, 4.69) is 19.8 Å². The maximum atomic E-state index is 11.4. The van der Waals surface area contributed by atoms with Gasteiger partial charge < -0.3 is 19.4 Å². The Morgan fingerprint density at radius 2 is 2.11 bits per heavy atom. The van der Waals surface area contributed by atoms with Crippen molar-refractivity contribution in [3.05, 3.63) is 48.0 Å². The Labute approximate surface area is 166 Å². The number of aromatic nitrogens is 2. The molecule has 0 radical (unpaired) electrons. The molecule has 1 fully saturated rings. The third-order valence-corrected chi connectivity index (χ3v) is 4.48. The van der Waals surface area contributed by atoms with Crippen LogP contribution in [-0.4, -0.2) is 53.3 Å². The molecule has 1 atom stereocenters. The van der Waals surface area contributed by atoms with E-state index in [1.165, 1.54) is 5.56 Å². The summed E-state index contributed by atoms with van der Waals surface area (Å²) < 4.78 is 12.4. The Kier molecular flexibility index (Phi) is 8.09. The van der Waals surface area contributed by atoms with E-state index in [0.29, 0.717) is 12.4 Å². The van der Waals surface area contributed by atoms with E-state index < -0.39 is 0 Å². The van der Waals surface area contributed by atoms with Gasteiger partial charge in [0.25, 0.3) is 0 Å². The first-order valence-corrected chi connectivity index (χ1v) is 8.96. The lowest BCUT2D eigenvalue weighted by molar-refractivity contribution is -0.145. The van der Waals surface area contributed by atoms with Crippen LogP contribution in [-0.2, 0) is 23.1 Å². The number of benzene rings is 1. The molecule has 148 valence electrons. The van der Waals surface area contributed by atoms with Gasteiger partial charge in [0, 0.05) is 45.6 Å². The van der Waals surface area contributed by atoms with E-state index in [1.54, 1.807) is 6.92 Å². The van der Waals surface area contributed by atoms with Crippen LogP contribution in [0.25, 0.3) is 0 Å². The zero-order chi connectivity index (χ0) is 18.4. The van der Waals surface area contributed by atoms with Crippen molar-refractivity contribution in [2.24, 2.45) is 7.05 Å². The molecule has 8 heteroatoms. The summed E-state index contributed by atoms with van der Waals surface area (Å²) >= 11 is 0. The van der Waals surface area contributed by atoms with Crippen LogP contribution in [0.15, 0.2) is 36.7 Å². The molecule has 27 heavy (non-hydrogen) atoms. The molecular formula is C19H27ClN4O3. The lowest BCUT2D eigenvalue weighted by Crippen LogP contribution is -2.46. The number of nitrogens with zero attached hydrogens (tertiary/aromatic N) is 3. The number of aryl methyl sites for hydroxylation is 1. The van der Waals surface area contributed by atoms with Crippen molar-refractivity contribution in [2.45, 2.75) is 19.5 Å². The average Bonchev–Trinajstić information content (AvgIpc) is 3.08. The van der Waals surface area contributed by atoms with Crippen LogP contribution in [0.2, 0.25) is 0 Å². The second kappa shape index (κ2) is 10.3. The Morgan fingerprint density at radius 1 is 1.33 bits per heavy atom. The number of piperazine rings is 1. The maximum absolute atomic E-state index is 11.4. The summed E-state index contributed by atoms with van der Waals surface area (Å²) in [4.78, 5) is 18.3. The zero-order valence-electron chi connectivity index (χ0n) is 15.8. The summed E-state index contributed by atoms with van der Waals surface area (Å²) in [6.07, 6.45) is 3.83. The fourth-order valence-electron chi connectivity index (χ4n) is 3.16. The lowest BCUT2D eigenvalue weighted by Gasteiger charge is -2.35. The second-order valence-electron chi connectivity index (χ2n) is 6.32. The van der Waals surface area contributed by atoms with Crippen LogP contribution in [0.1, 0.15) is 24.4 Å². The lowest BCUT2D eigenvalue weighted by atomic mass is 10.1. The van der Waals surface area contributed by atoms with Gasteiger partial charge in [-0.15, -0.1) is 12.4 Å². The van der Waals surface area contributed by atoms with Gasteiger partial charge >= 0.3 is 5.97 Å². The van der Waals surface area contributed by atoms with Gasteiger partial charge in [0.2, 0.25) is 0 Å². The van der Waals surface area contributed by atoms with Crippen LogP contribution in [0.4, 0.5) is 0 Å². The normalized spacial score (nSPS) is 17.2. The highest BCUT2D eigenvalue weighted by Gasteiger charge is 2.26. The summed E-state index contributed by atoms with van der Waals surface area (Å²) in [6.45, 7) is 5.76. The molecular weight excluding hydrogens is 368 g/mol. The summed E-state index contributed by atoms with van der Waals surface area (Å²) in [5.41, 5.74) is 1.20. The molecule has 0 amide bonds. The van der Waals surface area contributed by atoms with Crippen molar-refractivity contribution < 1.29 is 14.3 Å². The third-order valence-electron chi connectivity index (χ3n) is 4.48. The minimum Gasteiger partial charge on any atom is -0.482 e. The molecule has 1 unspecified atom stereocenters. The number of esters is 1. The van der Waals surface area contributed by atoms with Crippen molar-refractivity contribution in [1.82, 2.24) is 19.8 Å².